The Kier molecular flexibility index (Phi) is 3.30. The Morgan fingerprint density at radius 3 is 2.75 bits per heavy atom. The summed E-state index contributed by atoms with van der Waals surface area (Å²) < 4.78 is 5.40. The molecular weight excluding hydrogens is 248 g/mol. The van der Waals surface area contributed by atoms with Crippen LogP contribution >= 0.6 is 0 Å². The Hall–Kier alpha value is -1.75. The maximum Gasteiger partial charge on any atom is 0.313 e. The fourth-order valence-corrected chi connectivity index (χ4v) is 3.60. The SMILES string of the molecule is C[C@@]12CCCC[C@]1(CC#Cc1ccccc1)C(=O)OC2. The van der Waals surface area contributed by atoms with Crippen molar-refractivity contribution in [1.82, 2.24) is 0 Å². The van der Waals surface area contributed by atoms with Crippen LogP contribution in [0, 0.1) is 22.7 Å². The molecule has 2 nitrogen and oxygen atoms in total. The van der Waals surface area contributed by atoms with Crippen LogP contribution < -0.4 is 0 Å². The minimum Gasteiger partial charge on any atom is -0.465 e. The Labute approximate surface area is 120 Å². The van der Waals surface area contributed by atoms with Crippen molar-refractivity contribution in [2.24, 2.45) is 10.8 Å². The minimum absolute atomic E-state index is 0.0201. The van der Waals surface area contributed by atoms with Crippen LogP contribution in [0.2, 0.25) is 0 Å². The van der Waals surface area contributed by atoms with Crippen molar-refractivity contribution in [3.8, 4) is 11.8 Å². The molecule has 2 fully saturated rings. The van der Waals surface area contributed by atoms with Crippen LogP contribution in [0.5, 0.6) is 0 Å². The molecule has 2 atom stereocenters. The summed E-state index contributed by atoms with van der Waals surface area (Å²) >= 11 is 0. The van der Waals surface area contributed by atoms with Gasteiger partial charge in [-0.2, -0.15) is 0 Å². The largest absolute Gasteiger partial charge is 0.465 e. The third-order valence-corrected chi connectivity index (χ3v) is 5.05. The number of hydrogen-bond acceptors (Lipinski definition) is 2. The highest BCUT2D eigenvalue weighted by Crippen LogP contribution is 2.57. The van der Waals surface area contributed by atoms with Crippen LogP contribution in [0.25, 0.3) is 0 Å². The lowest BCUT2D eigenvalue weighted by Crippen LogP contribution is -2.43. The van der Waals surface area contributed by atoms with E-state index in [1.807, 2.05) is 30.3 Å². The van der Waals surface area contributed by atoms with Gasteiger partial charge < -0.3 is 4.74 Å². The molecule has 1 heterocycles. The molecule has 0 aromatic heterocycles. The van der Waals surface area contributed by atoms with E-state index in [0.29, 0.717) is 13.0 Å². The maximum atomic E-state index is 12.3. The van der Waals surface area contributed by atoms with Gasteiger partial charge in [-0.3, -0.25) is 4.79 Å². The number of ether oxygens (including phenoxy) is 1. The molecule has 0 unspecified atom stereocenters. The van der Waals surface area contributed by atoms with Crippen LogP contribution in [0.3, 0.4) is 0 Å². The number of carbonyl (C=O) groups excluding carboxylic acids is 1. The molecular formula is C18H20O2. The Morgan fingerprint density at radius 1 is 1.20 bits per heavy atom. The quantitative estimate of drug-likeness (QED) is 0.575. The smallest absolute Gasteiger partial charge is 0.313 e. The zero-order chi connectivity index (χ0) is 14.1. The van der Waals surface area contributed by atoms with E-state index >= 15 is 0 Å². The molecule has 104 valence electrons. The third-order valence-electron chi connectivity index (χ3n) is 5.05. The van der Waals surface area contributed by atoms with Gasteiger partial charge in [0.25, 0.3) is 0 Å². The molecule has 2 heteroatoms. The summed E-state index contributed by atoms with van der Waals surface area (Å²) in [6, 6.07) is 9.94. The first-order chi connectivity index (χ1) is 9.66. The van der Waals surface area contributed by atoms with Crippen LogP contribution in [-0.2, 0) is 9.53 Å². The lowest BCUT2D eigenvalue weighted by Gasteiger charge is -2.42. The van der Waals surface area contributed by atoms with E-state index in [0.717, 1.165) is 24.8 Å². The van der Waals surface area contributed by atoms with Gasteiger partial charge >= 0.3 is 5.97 Å². The van der Waals surface area contributed by atoms with Gasteiger partial charge in [0.05, 0.1) is 12.0 Å². The number of benzene rings is 1. The van der Waals surface area contributed by atoms with Crippen LogP contribution in [0.4, 0.5) is 0 Å². The lowest BCUT2D eigenvalue weighted by molar-refractivity contribution is -0.148. The molecule has 0 amide bonds. The number of cyclic esters (lactones) is 1. The van der Waals surface area contributed by atoms with Crippen molar-refractivity contribution in [3.05, 3.63) is 35.9 Å². The Balaban J connectivity index is 1.84. The second-order valence-electron chi connectivity index (χ2n) is 6.27. The molecule has 1 aliphatic carbocycles. The van der Waals surface area contributed by atoms with E-state index in [9.17, 15) is 4.79 Å². The van der Waals surface area contributed by atoms with Gasteiger partial charge in [0.15, 0.2) is 0 Å². The first-order valence-corrected chi connectivity index (χ1v) is 7.38. The highest BCUT2D eigenvalue weighted by Gasteiger charge is 2.60. The van der Waals surface area contributed by atoms with Crippen molar-refractivity contribution in [2.75, 3.05) is 6.61 Å². The van der Waals surface area contributed by atoms with Gasteiger partial charge in [0, 0.05) is 17.4 Å². The van der Waals surface area contributed by atoms with E-state index in [1.54, 1.807) is 0 Å². The third kappa shape index (κ3) is 2.02. The summed E-state index contributed by atoms with van der Waals surface area (Å²) in [5.74, 6) is 6.39. The van der Waals surface area contributed by atoms with Crippen LogP contribution in [0.15, 0.2) is 30.3 Å². The van der Waals surface area contributed by atoms with Gasteiger partial charge in [0.2, 0.25) is 0 Å². The van der Waals surface area contributed by atoms with Crippen molar-refractivity contribution >= 4 is 5.97 Å². The predicted molar refractivity (Wildman–Crippen MR) is 77.9 cm³/mol. The normalized spacial score (nSPS) is 31.9. The second-order valence-corrected chi connectivity index (χ2v) is 6.27. The van der Waals surface area contributed by atoms with Gasteiger partial charge in [-0.1, -0.05) is 49.8 Å². The highest BCUT2D eigenvalue weighted by molar-refractivity contribution is 5.80. The van der Waals surface area contributed by atoms with E-state index in [4.69, 9.17) is 4.74 Å². The monoisotopic (exact) mass is 268 g/mol. The van der Waals surface area contributed by atoms with Crippen LogP contribution in [-0.4, -0.2) is 12.6 Å². The molecule has 1 aromatic carbocycles. The molecule has 0 spiro atoms. The van der Waals surface area contributed by atoms with Gasteiger partial charge in [-0.25, -0.2) is 0 Å². The number of rotatable bonds is 1. The van der Waals surface area contributed by atoms with Crippen molar-refractivity contribution in [3.63, 3.8) is 0 Å². The van der Waals surface area contributed by atoms with E-state index in [1.165, 1.54) is 6.42 Å². The average molecular weight is 268 g/mol. The van der Waals surface area contributed by atoms with Crippen molar-refractivity contribution < 1.29 is 9.53 Å². The molecule has 2 aliphatic rings. The second kappa shape index (κ2) is 4.98. The minimum atomic E-state index is -0.368. The van der Waals surface area contributed by atoms with E-state index < -0.39 is 0 Å². The summed E-state index contributed by atoms with van der Waals surface area (Å²) in [6.07, 6.45) is 4.92. The number of carbonyl (C=O) groups is 1. The highest BCUT2D eigenvalue weighted by atomic mass is 16.5. The van der Waals surface area contributed by atoms with Gasteiger partial charge in [0.1, 0.15) is 0 Å². The van der Waals surface area contributed by atoms with Crippen LogP contribution in [0.1, 0.15) is 44.6 Å². The fourth-order valence-electron chi connectivity index (χ4n) is 3.60. The topological polar surface area (TPSA) is 26.3 Å². The molecule has 1 saturated heterocycles. The molecule has 3 rings (SSSR count). The van der Waals surface area contributed by atoms with Crippen molar-refractivity contribution in [1.29, 1.82) is 0 Å². The molecule has 1 aromatic rings. The molecule has 1 aliphatic heterocycles. The summed E-state index contributed by atoms with van der Waals surface area (Å²) in [7, 11) is 0. The molecule has 0 radical (unpaired) electrons. The van der Waals surface area contributed by atoms with Gasteiger partial charge in [-0.05, 0) is 25.0 Å². The standard InChI is InChI=1S/C18H20O2/c1-17-11-5-6-12-18(17,16(19)20-14-17)13-7-10-15-8-3-2-4-9-15/h2-4,8-9H,5-6,11-14H2,1H3/t17-,18-/m0/s1. The first-order valence-electron chi connectivity index (χ1n) is 7.38. The van der Waals surface area contributed by atoms with Gasteiger partial charge in [-0.15, -0.1) is 0 Å². The molecule has 1 saturated carbocycles. The number of fused-ring (bicyclic) bond motifs is 1. The summed E-state index contributed by atoms with van der Waals surface area (Å²) in [5, 5.41) is 0. The van der Waals surface area contributed by atoms with E-state index in [-0.39, 0.29) is 16.8 Å². The zero-order valence-electron chi connectivity index (χ0n) is 11.9. The zero-order valence-corrected chi connectivity index (χ0v) is 11.9. The summed E-state index contributed by atoms with van der Waals surface area (Å²) in [4.78, 5) is 12.3. The lowest BCUT2D eigenvalue weighted by atomic mass is 9.57. The summed E-state index contributed by atoms with van der Waals surface area (Å²) in [5.41, 5.74) is 0.619. The van der Waals surface area contributed by atoms with Crippen molar-refractivity contribution in [2.45, 2.75) is 39.0 Å². The average Bonchev–Trinajstić information content (AvgIpc) is 2.73. The van der Waals surface area contributed by atoms with E-state index in [2.05, 4.69) is 18.8 Å². The number of hydrogen-bond donors (Lipinski definition) is 0. The maximum absolute atomic E-state index is 12.3. The summed E-state index contributed by atoms with van der Waals surface area (Å²) in [6.45, 7) is 2.76. The molecule has 0 N–H and O–H groups in total. The first kappa shape index (κ1) is 13.2. The Morgan fingerprint density at radius 2 is 1.95 bits per heavy atom. The molecule has 20 heavy (non-hydrogen) atoms. The Bertz CT molecular complexity index is 566. The fraction of sp³-hybridized carbons (Fsp3) is 0.500. The number of esters is 1. The predicted octanol–water partition coefficient (Wildman–Crippen LogP) is 3.55. The molecule has 0 bridgehead atoms.